The SMILES string of the molecule is O=C(Nc1cnc(-n2ccnc2)nc1)c1ccccn1. The summed E-state index contributed by atoms with van der Waals surface area (Å²) >= 11 is 0. The molecule has 1 N–H and O–H groups in total. The number of amides is 1. The largest absolute Gasteiger partial charge is 0.318 e. The molecule has 0 aliphatic heterocycles. The first-order valence-electron chi connectivity index (χ1n) is 5.86. The van der Waals surface area contributed by atoms with Gasteiger partial charge in [0, 0.05) is 18.6 Å². The van der Waals surface area contributed by atoms with Crippen LogP contribution in [0.2, 0.25) is 0 Å². The number of carbonyl (C=O) groups is 1. The fraction of sp³-hybridized carbons (Fsp3) is 0. The van der Waals surface area contributed by atoms with E-state index in [1.54, 1.807) is 47.7 Å². The Morgan fingerprint density at radius 1 is 1.10 bits per heavy atom. The molecule has 0 saturated carbocycles. The lowest BCUT2D eigenvalue weighted by atomic mass is 10.3. The highest BCUT2D eigenvalue weighted by atomic mass is 16.1. The molecule has 0 atom stereocenters. The van der Waals surface area contributed by atoms with Gasteiger partial charge in [0.25, 0.3) is 5.91 Å². The Balaban J connectivity index is 1.74. The molecular weight excluding hydrogens is 256 g/mol. The second-order valence-electron chi connectivity index (χ2n) is 3.91. The summed E-state index contributed by atoms with van der Waals surface area (Å²) in [7, 11) is 0. The monoisotopic (exact) mass is 266 g/mol. The molecular formula is C13H10N6O. The van der Waals surface area contributed by atoms with Gasteiger partial charge in [0.2, 0.25) is 5.95 Å². The Labute approximate surface area is 114 Å². The molecule has 3 aromatic heterocycles. The van der Waals surface area contributed by atoms with Gasteiger partial charge in [-0.1, -0.05) is 6.07 Å². The van der Waals surface area contributed by atoms with Crippen LogP contribution >= 0.6 is 0 Å². The van der Waals surface area contributed by atoms with E-state index in [-0.39, 0.29) is 5.91 Å². The molecule has 0 aliphatic rings. The number of imidazole rings is 1. The summed E-state index contributed by atoms with van der Waals surface area (Å²) in [5.74, 6) is 0.183. The van der Waals surface area contributed by atoms with Gasteiger partial charge in [-0.3, -0.25) is 14.3 Å². The van der Waals surface area contributed by atoms with Crippen molar-refractivity contribution in [2.75, 3.05) is 5.32 Å². The zero-order valence-corrected chi connectivity index (χ0v) is 10.3. The molecule has 3 aromatic rings. The number of aromatic nitrogens is 5. The van der Waals surface area contributed by atoms with Crippen molar-refractivity contribution in [1.82, 2.24) is 24.5 Å². The number of pyridine rings is 1. The highest BCUT2D eigenvalue weighted by Gasteiger charge is 2.07. The molecule has 3 rings (SSSR count). The zero-order valence-electron chi connectivity index (χ0n) is 10.3. The molecule has 0 aromatic carbocycles. The first kappa shape index (κ1) is 12.0. The van der Waals surface area contributed by atoms with E-state index in [9.17, 15) is 4.79 Å². The Bertz CT molecular complexity index is 693. The average Bonchev–Trinajstić information content (AvgIpc) is 3.03. The van der Waals surface area contributed by atoms with Crippen molar-refractivity contribution >= 4 is 11.6 Å². The molecule has 0 bridgehead atoms. The normalized spacial score (nSPS) is 10.2. The minimum Gasteiger partial charge on any atom is -0.318 e. The summed E-state index contributed by atoms with van der Waals surface area (Å²) < 4.78 is 1.67. The van der Waals surface area contributed by atoms with Crippen LogP contribution in [0.5, 0.6) is 0 Å². The molecule has 3 heterocycles. The van der Waals surface area contributed by atoms with Crippen molar-refractivity contribution in [3.63, 3.8) is 0 Å². The van der Waals surface area contributed by atoms with Gasteiger partial charge in [-0.15, -0.1) is 0 Å². The van der Waals surface area contributed by atoms with Crippen LogP contribution in [0.1, 0.15) is 10.5 Å². The van der Waals surface area contributed by atoms with Gasteiger partial charge in [-0.2, -0.15) is 0 Å². The smallest absolute Gasteiger partial charge is 0.274 e. The summed E-state index contributed by atoms with van der Waals surface area (Å²) in [5.41, 5.74) is 0.843. The van der Waals surface area contributed by atoms with E-state index in [4.69, 9.17) is 0 Å². The van der Waals surface area contributed by atoms with Crippen molar-refractivity contribution in [3.05, 3.63) is 61.2 Å². The van der Waals surface area contributed by atoms with Crippen molar-refractivity contribution in [2.45, 2.75) is 0 Å². The predicted molar refractivity (Wildman–Crippen MR) is 71.3 cm³/mol. The van der Waals surface area contributed by atoms with Crippen LogP contribution in [0.4, 0.5) is 5.69 Å². The summed E-state index contributed by atoms with van der Waals surface area (Å²) in [6.07, 6.45) is 9.60. The number of rotatable bonds is 3. The summed E-state index contributed by atoms with van der Waals surface area (Å²) in [6.45, 7) is 0. The molecule has 0 unspecified atom stereocenters. The van der Waals surface area contributed by atoms with Gasteiger partial charge in [0.1, 0.15) is 12.0 Å². The molecule has 20 heavy (non-hydrogen) atoms. The van der Waals surface area contributed by atoms with E-state index in [1.807, 2.05) is 0 Å². The third kappa shape index (κ3) is 2.51. The Hall–Kier alpha value is -3.09. The van der Waals surface area contributed by atoms with E-state index in [2.05, 4.69) is 25.3 Å². The highest BCUT2D eigenvalue weighted by Crippen LogP contribution is 2.07. The van der Waals surface area contributed by atoms with E-state index < -0.39 is 0 Å². The van der Waals surface area contributed by atoms with Gasteiger partial charge in [0.05, 0.1) is 18.1 Å². The number of anilines is 1. The lowest BCUT2D eigenvalue weighted by molar-refractivity contribution is 0.102. The van der Waals surface area contributed by atoms with Gasteiger partial charge < -0.3 is 5.32 Å². The van der Waals surface area contributed by atoms with E-state index in [0.717, 1.165) is 0 Å². The van der Waals surface area contributed by atoms with Gasteiger partial charge >= 0.3 is 0 Å². The molecule has 7 heteroatoms. The van der Waals surface area contributed by atoms with E-state index in [1.165, 1.54) is 12.4 Å². The van der Waals surface area contributed by atoms with Crippen LogP contribution in [-0.2, 0) is 0 Å². The molecule has 98 valence electrons. The molecule has 7 nitrogen and oxygen atoms in total. The quantitative estimate of drug-likeness (QED) is 0.772. The summed E-state index contributed by atoms with van der Waals surface area (Å²) in [4.78, 5) is 28.1. The number of hydrogen-bond acceptors (Lipinski definition) is 5. The summed E-state index contributed by atoms with van der Waals surface area (Å²) in [6, 6.07) is 5.14. The fourth-order valence-electron chi connectivity index (χ4n) is 1.59. The van der Waals surface area contributed by atoms with Crippen molar-refractivity contribution in [3.8, 4) is 5.95 Å². The van der Waals surface area contributed by atoms with Gasteiger partial charge in [-0.25, -0.2) is 15.0 Å². The Morgan fingerprint density at radius 2 is 1.95 bits per heavy atom. The maximum Gasteiger partial charge on any atom is 0.274 e. The highest BCUT2D eigenvalue weighted by molar-refractivity contribution is 6.02. The predicted octanol–water partition coefficient (Wildman–Crippen LogP) is 1.31. The molecule has 0 fully saturated rings. The number of nitrogens with one attached hydrogen (secondary N) is 1. The minimum absolute atomic E-state index is 0.301. The molecule has 0 aliphatic carbocycles. The standard InChI is InChI=1S/C13H10N6O/c20-12(11-3-1-2-4-15-11)18-10-7-16-13(17-8-10)19-6-5-14-9-19/h1-9H,(H,18,20). The van der Waals surface area contributed by atoms with Gasteiger partial charge in [-0.05, 0) is 12.1 Å². The minimum atomic E-state index is -0.301. The lowest BCUT2D eigenvalue weighted by Gasteiger charge is -2.04. The molecule has 0 saturated heterocycles. The van der Waals surface area contributed by atoms with Crippen LogP contribution in [0.15, 0.2) is 55.5 Å². The average molecular weight is 266 g/mol. The number of hydrogen-bond donors (Lipinski definition) is 1. The van der Waals surface area contributed by atoms with E-state index >= 15 is 0 Å². The van der Waals surface area contributed by atoms with Crippen molar-refractivity contribution in [2.24, 2.45) is 0 Å². The summed E-state index contributed by atoms with van der Waals surface area (Å²) in [5, 5.41) is 2.68. The topological polar surface area (TPSA) is 85.6 Å². The second kappa shape index (κ2) is 5.27. The first-order valence-corrected chi connectivity index (χ1v) is 5.86. The molecule has 0 radical (unpaired) electrons. The van der Waals surface area contributed by atoms with Crippen LogP contribution in [-0.4, -0.2) is 30.4 Å². The number of nitrogens with zero attached hydrogens (tertiary/aromatic N) is 5. The van der Waals surface area contributed by atoms with Gasteiger partial charge in [0.15, 0.2) is 0 Å². The Morgan fingerprint density at radius 3 is 2.60 bits per heavy atom. The lowest BCUT2D eigenvalue weighted by Crippen LogP contribution is -2.14. The number of carbonyl (C=O) groups excluding carboxylic acids is 1. The van der Waals surface area contributed by atoms with Crippen molar-refractivity contribution < 1.29 is 4.79 Å². The Kier molecular flexibility index (Phi) is 3.15. The van der Waals surface area contributed by atoms with Crippen LogP contribution in [0.3, 0.4) is 0 Å². The molecule has 1 amide bonds. The van der Waals surface area contributed by atoms with Crippen molar-refractivity contribution in [1.29, 1.82) is 0 Å². The third-order valence-corrected chi connectivity index (χ3v) is 2.53. The fourth-order valence-corrected chi connectivity index (χ4v) is 1.59. The van der Waals surface area contributed by atoms with Crippen LogP contribution in [0, 0.1) is 0 Å². The van der Waals surface area contributed by atoms with Crippen LogP contribution < -0.4 is 5.32 Å². The van der Waals surface area contributed by atoms with E-state index in [0.29, 0.717) is 17.3 Å². The maximum atomic E-state index is 11.9. The maximum absolute atomic E-state index is 11.9. The van der Waals surface area contributed by atoms with Crippen LogP contribution in [0.25, 0.3) is 5.95 Å². The first-order chi connectivity index (χ1) is 9.83. The second-order valence-corrected chi connectivity index (χ2v) is 3.91. The molecule has 0 spiro atoms. The third-order valence-electron chi connectivity index (χ3n) is 2.53. The zero-order chi connectivity index (χ0) is 13.8.